The number of hydrogen-bond donors (Lipinski definition) is 2. The first-order valence-electron chi connectivity index (χ1n) is 5.19. The monoisotopic (exact) mass is 233 g/mol. The largest absolute Gasteiger partial charge is 0.493 e. The summed E-state index contributed by atoms with van der Waals surface area (Å²) in [5.74, 6) is 1.95. The van der Waals surface area contributed by atoms with Crippen molar-refractivity contribution in [1.29, 1.82) is 0 Å². The Labute approximate surface area is 99.5 Å². The lowest BCUT2D eigenvalue weighted by Gasteiger charge is -2.14. The van der Waals surface area contributed by atoms with Crippen LogP contribution in [0.15, 0.2) is 18.3 Å². The first-order valence-corrected chi connectivity index (χ1v) is 5.19. The minimum absolute atomic E-state index is 0.599. The van der Waals surface area contributed by atoms with Crippen LogP contribution in [0.2, 0.25) is 0 Å². The van der Waals surface area contributed by atoms with E-state index in [0.717, 1.165) is 10.8 Å². The number of nitrogens with zero attached hydrogens (tertiary/aromatic N) is 1. The zero-order valence-corrected chi connectivity index (χ0v) is 10.1. The number of aromatic nitrogens is 1. The van der Waals surface area contributed by atoms with E-state index in [4.69, 9.17) is 15.2 Å². The van der Waals surface area contributed by atoms with Crippen molar-refractivity contribution in [2.75, 3.05) is 32.3 Å². The number of anilines is 2. The van der Waals surface area contributed by atoms with E-state index < -0.39 is 0 Å². The van der Waals surface area contributed by atoms with Gasteiger partial charge in [-0.15, -0.1) is 0 Å². The number of benzene rings is 1. The lowest BCUT2D eigenvalue weighted by molar-refractivity contribution is 0.359. The molecule has 0 fully saturated rings. The second-order valence-electron chi connectivity index (χ2n) is 3.53. The average Bonchev–Trinajstić information content (AvgIpc) is 2.37. The molecule has 90 valence electrons. The summed E-state index contributed by atoms with van der Waals surface area (Å²) in [7, 11) is 4.98. The highest BCUT2D eigenvalue weighted by atomic mass is 16.5. The van der Waals surface area contributed by atoms with Gasteiger partial charge in [0.25, 0.3) is 0 Å². The van der Waals surface area contributed by atoms with E-state index in [9.17, 15) is 0 Å². The van der Waals surface area contributed by atoms with Crippen LogP contribution in [-0.4, -0.2) is 26.3 Å². The Morgan fingerprint density at radius 3 is 2.65 bits per heavy atom. The van der Waals surface area contributed by atoms with E-state index in [1.165, 1.54) is 0 Å². The van der Waals surface area contributed by atoms with E-state index in [0.29, 0.717) is 23.0 Å². The van der Waals surface area contributed by atoms with E-state index in [-0.39, 0.29) is 0 Å². The number of fused-ring (bicyclic) bond motifs is 1. The maximum absolute atomic E-state index is 5.99. The Morgan fingerprint density at radius 1 is 1.29 bits per heavy atom. The third-order valence-electron chi connectivity index (χ3n) is 2.66. The van der Waals surface area contributed by atoms with E-state index in [2.05, 4.69) is 10.3 Å². The molecule has 0 aliphatic carbocycles. The molecule has 3 N–H and O–H groups in total. The first kappa shape index (κ1) is 11.3. The number of nitrogen functional groups attached to an aromatic ring is 1. The van der Waals surface area contributed by atoms with Crippen LogP contribution in [0, 0.1) is 0 Å². The number of pyridine rings is 1. The standard InChI is InChI=1S/C12H15N3O2/c1-14-12-10-7(4-5-15-12)8(13)6-9(16-2)11(10)17-3/h4-6H,13H2,1-3H3,(H,14,15). The van der Waals surface area contributed by atoms with E-state index in [1.807, 2.05) is 6.07 Å². The van der Waals surface area contributed by atoms with Crippen molar-refractivity contribution < 1.29 is 9.47 Å². The lowest BCUT2D eigenvalue weighted by atomic mass is 10.1. The molecule has 0 bridgehead atoms. The molecule has 0 atom stereocenters. The molecule has 5 nitrogen and oxygen atoms in total. The van der Waals surface area contributed by atoms with Gasteiger partial charge in [0.05, 0.1) is 19.6 Å². The van der Waals surface area contributed by atoms with Crippen LogP contribution in [0.5, 0.6) is 11.5 Å². The Kier molecular flexibility index (Phi) is 2.91. The van der Waals surface area contributed by atoms with Crippen LogP contribution in [0.3, 0.4) is 0 Å². The highest BCUT2D eigenvalue weighted by molar-refractivity contribution is 6.05. The molecule has 0 radical (unpaired) electrons. The van der Waals surface area contributed by atoms with Gasteiger partial charge in [0.1, 0.15) is 5.82 Å². The minimum Gasteiger partial charge on any atom is -0.493 e. The summed E-state index contributed by atoms with van der Waals surface area (Å²) in [5.41, 5.74) is 6.62. The van der Waals surface area contributed by atoms with Gasteiger partial charge >= 0.3 is 0 Å². The third kappa shape index (κ3) is 1.69. The number of methoxy groups -OCH3 is 2. The fraction of sp³-hybridized carbons (Fsp3) is 0.250. The predicted octanol–water partition coefficient (Wildman–Crippen LogP) is 1.88. The van der Waals surface area contributed by atoms with Crippen LogP contribution >= 0.6 is 0 Å². The van der Waals surface area contributed by atoms with Crippen molar-refractivity contribution >= 4 is 22.3 Å². The third-order valence-corrected chi connectivity index (χ3v) is 2.66. The minimum atomic E-state index is 0.599. The molecule has 5 heteroatoms. The summed E-state index contributed by atoms with van der Waals surface area (Å²) >= 11 is 0. The lowest BCUT2D eigenvalue weighted by Crippen LogP contribution is -2.00. The van der Waals surface area contributed by atoms with Crippen molar-refractivity contribution in [3.8, 4) is 11.5 Å². The molecule has 0 saturated heterocycles. The van der Waals surface area contributed by atoms with Crippen LogP contribution in [0.25, 0.3) is 10.8 Å². The van der Waals surface area contributed by atoms with E-state index >= 15 is 0 Å². The quantitative estimate of drug-likeness (QED) is 0.792. The predicted molar refractivity (Wildman–Crippen MR) is 68.8 cm³/mol. The van der Waals surface area contributed by atoms with Gasteiger partial charge in [-0.2, -0.15) is 0 Å². The molecule has 2 aromatic rings. The highest BCUT2D eigenvalue weighted by Gasteiger charge is 2.15. The molecule has 0 aliphatic rings. The summed E-state index contributed by atoms with van der Waals surface area (Å²) in [6.07, 6.45) is 1.70. The smallest absolute Gasteiger partial charge is 0.172 e. The average molecular weight is 233 g/mol. The molecule has 0 aliphatic heterocycles. The van der Waals surface area contributed by atoms with Crippen LogP contribution in [0.4, 0.5) is 11.5 Å². The van der Waals surface area contributed by atoms with Gasteiger partial charge in [-0.3, -0.25) is 0 Å². The van der Waals surface area contributed by atoms with Gasteiger partial charge in [0.2, 0.25) is 0 Å². The fourth-order valence-corrected chi connectivity index (χ4v) is 1.88. The normalized spacial score (nSPS) is 10.3. The van der Waals surface area contributed by atoms with Crippen LogP contribution < -0.4 is 20.5 Å². The first-order chi connectivity index (χ1) is 8.22. The second kappa shape index (κ2) is 4.37. The number of hydrogen-bond acceptors (Lipinski definition) is 5. The van der Waals surface area contributed by atoms with Crippen molar-refractivity contribution in [3.63, 3.8) is 0 Å². The van der Waals surface area contributed by atoms with Gasteiger partial charge in [-0.25, -0.2) is 4.98 Å². The Bertz CT molecular complexity index is 555. The molecule has 1 heterocycles. The Balaban J connectivity index is 2.92. The maximum Gasteiger partial charge on any atom is 0.172 e. The van der Waals surface area contributed by atoms with E-state index in [1.54, 1.807) is 33.5 Å². The number of nitrogens with two attached hydrogens (primary N) is 1. The Hall–Kier alpha value is -2.17. The number of nitrogens with one attached hydrogen (secondary N) is 1. The summed E-state index contributed by atoms with van der Waals surface area (Å²) in [5, 5.41) is 4.74. The van der Waals surface area contributed by atoms with Crippen molar-refractivity contribution in [3.05, 3.63) is 18.3 Å². The fourth-order valence-electron chi connectivity index (χ4n) is 1.88. The van der Waals surface area contributed by atoms with Crippen LogP contribution in [0.1, 0.15) is 0 Å². The summed E-state index contributed by atoms with van der Waals surface area (Å²) in [6, 6.07) is 3.61. The summed E-state index contributed by atoms with van der Waals surface area (Å²) in [4.78, 5) is 4.25. The van der Waals surface area contributed by atoms with Crippen molar-refractivity contribution in [1.82, 2.24) is 4.98 Å². The van der Waals surface area contributed by atoms with Crippen molar-refractivity contribution in [2.45, 2.75) is 0 Å². The van der Waals surface area contributed by atoms with Gasteiger partial charge in [-0.1, -0.05) is 0 Å². The topological polar surface area (TPSA) is 69.4 Å². The molecular formula is C12H15N3O2. The van der Waals surface area contributed by atoms with Gasteiger partial charge in [-0.05, 0) is 6.07 Å². The molecule has 17 heavy (non-hydrogen) atoms. The highest BCUT2D eigenvalue weighted by Crippen LogP contribution is 2.41. The summed E-state index contributed by atoms with van der Waals surface area (Å²) in [6.45, 7) is 0. The number of rotatable bonds is 3. The molecule has 0 spiro atoms. The SMILES string of the molecule is CNc1nccc2c(N)cc(OC)c(OC)c12. The zero-order valence-electron chi connectivity index (χ0n) is 10.1. The van der Waals surface area contributed by atoms with Crippen molar-refractivity contribution in [2.24, 2.45) is 0 Å². The molecule has 1 aromatic carbocycles. The molecule has 1 aromatic heterocycles. The van der Waals surface area contributed by atoms with Crippen LogP contribution in [-0.2, 0) is 0 Å². The van der Waals surface area contributed by atoms with Gasteiger partial charge in [0, 0.05) is 30.4 Å². The molecular weight excluding hydrogens is 218 g/mol. The maximum atomic E-state index is 5.99. The molecule has 0 unspecified atom stereocenters. The molecule has 0 amide bonds. The molecule has 0 saturated carbocycles. The summed E-state index contributed by atoms with van der Waals surface area (Å²) < 4.78 is 10.7. The number of ether oxygens (including phenoxy) is 2. The zero-order chi connectivity index (χ0) is 12.4. The second-order valence-corrected chi connectivity index (χ2v) is 3.53. The van der Waals surface area contributed by atoms with Gasteiger partial charge < -0.3 is 20.5 Å². The molecule has 2 rings (SSSR count). The Morgan fingerprint density at radius 2 is 2.06 bits per heavy atom. The van der Waals surface area contributed by atoms with Gasteiger partial charge in [0.15, 0.2) is 11.5 Å².